The van der Waals surface area contributed by atoms with E-state index in [2.05, 4.69) is 13.8 Å². The van der Waals surface area contributed by atoms with E-state index in [0.717, 1.165) is 84.0 Å². The van der Waals surface area contributed by atoms with Gasteiger partial charge in [-0.15, -0.1) is 0 Å². The normalized spacial score (nSPS) is 12.4. The van der Waals surface area contributed by atoms with E-state index in [9.17, 15) is 19.2 Å². The summed E-state index contributed by atoms with van der Waals surface area (Å²) >= 11 is 0. The minimum Gasteiger partial charge on any atom is -0.274 e. The highest BCUT2D eigenvalue weighted by molar-refractivity contribution is 6.19. The summed E-state index contributed by atoms with van der Waals surface area (Å²) in [6.45, 7) is 5.18. The minimum absolute atomic E-state index is 0.213. The van der Waals surface area contributed by atoms with Gasteiger partial charge in [0.25, 0.3) is 22.2 Å². The van der Waals surface area contributed by atoms with Crippen LogP contribution in [0.2, 0.25) is 0 Å². The third-order valence-electron chi connectivity index (χ3n) is 8.22. The lowest BCUT2D eigenvalue weighted by molar-refractivity contribution is 0.568. The molecule has 2 heterocycles. The topological polar surface area (TPSA) is 78.1 Å². The summed E-state index contributed by atoms with van der Waals surface area (Å²) in [5.41, 5.74) is 1.08. The molecule has 2 aliphatic rings. The Morgan fingerprint density at radius 1 is 0.447 bits per heavy atom. The van der Waals surface area contributed by atoms with Crippen LogP contribution in [-0.2, 0) is 13.1 Å². The van der Waals surface area contributed by atoms with E-state index in [4.69, 9.17) is 0 Å². The maximum Gasteiger partial charge on any atom is 0.261 e. The Morgan fingerprint density at radius 3 is 1.18 bits per heavy atom. The summed E-state index contributed by atoms with van der Waals surface area (Å²) in [5, 5.41) is 5.50. The first kappa shape index (κ1) is 24.5. The lowest BCUT2D eigenvalue weighted by Crippen LogP contribution is -2.25. The highest BCUT2D eigenvalue weighted by Crippen LogP contribution is 2.43. The zero-order valence-electron chi connectivity index (χ0n) is 22.1. The molecule has 0 N–H and O–H groups in total. The second-order valence-electron chi connectivity index (χ2n) is 10.7. The van der Waals surface area contributed by atoms with Crippen molar-refractivity contribution in [3.8, 4) is 11.1 Å². The lowest BCUT2D eigenvalue weighted by Gasteiger charge is -1.99. The molecular formula is C32H32N2O4. The van der Waals surface area contributed by atoms with Gasteiger partial charge in [0, 0.05) is 13.1 Å². The Morgan fingerprint density at radius 2 is 0.816 bits per heavy atom. The van der Waals surface area contributed by atoms with Crippen molar-refractivity contribution in [1.29, 1.82) is 0 Å². The predicted octanol–water partition coefficient (Wildman–Crippen LogP) is 5.92. The van der Waals surface area contributed by atoms with Crippen LogP contribution in [0.5, 0.6) is 0 Å². The number of unbranched alkanes of at least 4 members (excludes halogenated alkanes) is 6. The van der Waals surface area contributed by atoms with Crippen molar-refractivity contribution in [3.05, 3.63) is 77.8 Å². The van der Waals surface area contributed by atoms with E-state index in [1.807, 2.05) is 36.4 Å². The first-order chi connectivity index (χ1) is 18.4. The molecule has 0 fully saturated rings. The number of nitrogens with zero attached hydrogens (tertiary/aromatic N) is 2. The van der Waals surface area contributed by atoms with Crippen molar-refractivity contribution < 1.29 is 0 Å². The molecular weight excluding hydrogens is 476 g/mol. The third kappa shape index (κ3) is 3.69. The molecule has 6 rings (SSSR count). The van der Waals surface area contributed by atoms with Gasteiger partial charge >= 0.3 is 0 Å². The smallest absolute Gasteiger partial charge is 0.261 e. The standard InChI is InChI=1S/C32H32N2O4/c1-3-5-7-9-11-33-29(35)25-15-19-13-24-22-18-28-26(30(36)34(32(28)38)12-10-8-6-4-2)16-20(22)14-23(24)21(19)17-27(25)31(33)37/h13-18H,3-12H2,1-2H3. The van der Waals surface area contributed by atoms with E-state index in [1.54, 1.807) is 0 Å². The van der Waals surface area contributed by atoms with Crippen molar-refractivity contribution in [1.82, 2.24) is 9.13 Å². The predicted molar refractivity (Wildman–Crippen MR) is 156 cm³/mol. The van der Waals surface area contributed by atoms with Crippen LogP contribution >= 0.6 is 0 Å². The molecule has 2 aromatic heterocycles. The van der Waals surface area contributed by atoms with Gasteiger partial charge in [0.05, 0.1) is 21.5 Å². The molecule has 0 spiro atoms. The van der Waals surface area contributed by atoms with Crippen LogP contribution in [0.3, 0.4) is 0 Å². The fourth-order valence-corrected chi connectivity index (χ4v) is 6.12. The summed E-state index contributed by atoms with van der Waals surface area (Å²) in [6, 6.07) is 11.4. The summed E-state index contributed by atoms with van der Waals surface area (Å²) in [7, 11) is 0. The Balaban J connectivity index is 1.46. The number of fused-ring (bicyclic) bond motifs is 7. The molecule has 0 aliphatic heterocycles. The van der Waals surface area contributed by atoms with Crippen molar-refractivity contribution >= 4 is 43.1 Å². The lowest BCUT2D eigenvalue weighted by atomic mass is 10.1. The van der Waals surface area contributed by atoms with Crippen LogP contribution in [0.25, 0.3) is 54.2 Å². The van der Waals surface area contributed by atoms with Crippen LogP contribution in [0.15, 0.2) is 55.6 Å². The number of hydrogen-bond donors (Lipinski definition) is 0. The molecule has 6 heteroatoms. The van der Waals surface area contributed by atoms with Gasteiger partial charge in [-0.25, -0.2) is 0 Å². The van der Waals surface area contributed by atoms with Crippen LogP contribution in [0.1, 0.15) is 65.2 Å². The first-order valence-electron chi connectivity index (χ1n) is 14.0. The highest BCUT2D eigenvalue weighted by atomic mass is 16.2. The van der Waals surface area contributed by atoms with Gasteiger partial charge in [-0.05, 0) is 81.9 Å². The largest absolute Gasteiger partial charge is 0.274 e. The summed E-state index contributed by atoms with van der Waals surface area (Å²) < 4.78 is 2.77. The quantitative estimate of drug-likeness (QED) is 0.215. The average Bonchev–Trinajstić information content (AvgIpc) is 3.58. The van der Waals surface area contributed by atoms with Crippen molar-refractivity contribution in [2.24, 2.45) is 0 Å². The van der Waals surface area contributed by atoms with E-state index < -0.39 is 0 Å². The van der Waals surface area contributed by atoms with Gasteiger partial charge in [-0.2, -0.15) is 0 Å². The second-order valence-corrected chi connectivity index (χ2v) is 10.7. The van der Waals surface area contributed by atoms with Gasteiger partial charge in [0.15, 0.2) is 0 Å². The zero-order chi connectivity index (χ0) is 26.6. The van der Waals surface area contributed by atoms with Crippen LogP contribution in [-0.4, -0.2) is 9.13 Å². The number of benzene rings is 2. The second kappa shape index (κ2) is 9.50. The van der Waals surface area contributed by atoms with Crippen molar-refractivity contribution in [2.75, 3.05) is 0 Å². The highest BCUT2D eigenvalue weighted by Gasteiger charge is 2.22. The van der Waals surface area contributed by atoms with E-state index in [-0.39, 0.29) is 22.2 Å². The number of rotatable bonds is 10. The first-order valence-corrected chi connectivity index (χ1v) is 14.0. The summed E-state index contributed by atoms with van der Waals surface area (Å²) in [4.78, 5) is 52.3. The molecule has 4 aromatic rings. The monoisotopic (exact) mass is 508 g/mol. The Labute approximate surface area is 219 Å². The molecule has 0 bridgehead atoms. The SMILES string of the molecule is CCCCCCn1c(=O)c2cc3cc4c5cc6c(=O)n(CCCCCC)c(=O)c6cc5cc-4c3cc2c1=O. The van der Waals surface area contributed by atoms with Crippen molar-refractivity contribution in [3.63, 3.8) is 0 Å². The minimum atomic E-state index is -0.219. The molecule has 6 nitrogen and oxygen atoms in total. The molecule has 38 heavy (non-hydrogen) atoms. The summed E-state index contributed by atoms with van der Waals surface area (Å²) in [6.07, 6.45) is 8.04. The molecule has 0 saturated carbocycles. The molecule has 2 aliphatic carbocycles. The van der Waals surface area contributed by atoms with Gasteiger partial charge in [0.2, 0.25) is 0 Å². The molecule has 0 amide bonds. The third-order valence-corrected chi connectivity index (χ3v) is 8.22. The zero-order valence-corrected chi connectivity index (χ0v) is 22.1. The molecule has 2 aromatic carbocycles. The summed E-state index contributed by atoms with van der Waals surface area (Å²) in [5.74, 6) is 0. The van der Waals surface area contributed by atoms with Gasteiger partial charge in [0.1, 0.15) is 0 Å². The Hall–Kier alpha value is -3.80. The maximum absolute atomic E-state index is 13.1. The molecule has 0 radical (unpaired) electrons. The maximum atomic E-state index is 13.1. The van der Waals surface area contributed by atoms with Crippen LogP contribution in [0.4, 0.5) is 0 Å². The Kier molecular flexibility index (Phi) is 6.13. The average molecular weight is 509 g/mol. The molecule has 194 valence electrons. The Bertz CT molecular complexity index is 1840. The molecule has 0 saturated heterocycles. The van der Waals surface area contributed by atoms with E-state index in [1.165, 1.54) is 9.13 Å². The van der Waals surface area contributed by atoms with Gasteiger partial charge in [-0.1, -0.05) is 52.4 Å². The fourth-order valence-electron chi connectivity index (χ4n) is 6.12. The fraction of sp³-hybridized carbons (Fsp3) is 0.375. The van der Waals surface area contributed by atoms with Crippen molar-refractivity contribution in [2.45, 2.75) is 78.3 Å². The van der Waals surface area contributed by atoms with Gasteiger partial charge in [-0.3, -0.25) is 28.3 Å². The van der Waals surface area contributed by atoms with E-state index >= 15 is 0 Å². The van der Waals surface area contributed by atoms with E-state index in [0.29, 0.717) is 34.6 Å². The van der Waals surface area contributed by atoms with Crippen LogP contribution < -0.4 is 22.2 Å². The number of aromatic nitrogens is 2. The number of hydrogen-bond acceptors (Lipinski definition) is 4. The van der Waals surface area contributed by atoms with Crippen LogP contribution in [0, 0.1) is 0 Å². The molecule has 0 unspecified atom stereocenters. The van der Waals surface area contributed by atoms with Gasteiger partial charge < -0.3 is 0 Å². The molecule has 0 atom stereocenters.